The molecule has 0 fully saturated rings. The van der Waals surface area contributed by atoms with E-state index in [9.17, 15) is 4.79 Å². The Morgan fingerprint density at radius 2 is 2.28 bits per heavy atom. The number of hydrogen-bond acceptors (Lipinski definition) is 3. The minimum atomic E-state index is -0.0956. The fraction of sp³-hybridized carbons (Fsp3) is 0.533. The van der Waals surface area contributed by atoms with Gasteiger partial charge >= 0.3 is 5.97 Å². The molecule has 0 aromatic heterocycles. The zero-order valence-electron chi connectivity index (χ0n) is 10.9. The van der Waals surface area contributed by atoms with Crippen molar-refractivity contribution >= 4 is 5.97 Å². The van der Waals surface area contributed by atoms with Gasteiger partial charge in [-0.25, -0.2) is 0 Å². The lowest BCUT2D eigenvalue weighted by atomic mass is 9.99. The van der Waals surface area contributed by atoms with Gasteiger partial charge < -0.3 is 10.5 Å². The lowest BCUT2D eigenvalue weighted by Gasteiger charge is -2.08. The Hall–Kier alpha value is -1.35. The van der Waals surface area contributed by atoms with E-state index >= 15 is 0 Å². The quantitative estimate of drug-likeness (QED) is 0.810. The fourth-order valence-corrected chi connectivity index (χ4v) is 2.65. The van der Waals surface area contributed by atoms with E-state index in [0.717, 1.165) is 25.7 Å². The van der Waals surface area contributed by atoms with E-state index in [1.165, 1.54) is 16.7 Å². The first-order chi connectivity index (χ1) is 8.70. The van der Waals surface area contributed by atoms with Gasteiger partial charge in [-0.05, 0) is 49.3 Å². The number of aryl methyl sites for hydroxylation is 1. The Bertz CT molecular complexity index is 429. The average Bonchev–Trinajstić information content (AvgIpc) is 2.70. The SMILES string of the molecule is CCOC(=O)CCCc1cccc2c1CC(N)C2. The van der Waals surface area contributed by atoms with Crippen LogP contribution in [0.2, 0.25) is 0 Å². The average molecular weight is 247 g/mol. The first-order valence-corrected chi connectivity index (χ1v) is 6.71. The highest BCUT2D eigenvalue weighted by atomic mass is 16.5. The largest absolute Gasteiger partial charge is 0.466 e. The summed E-state index contributed by atoms with van der Waals surface area (Å²) in [7, 11) is 0. The van der Waals surface area contributed by atoms with Crippen LogP contribution >= 0.6 is 0 Å². The van der Waals surface area contributed by atoms with Gasteiger partial charge in [-0.2, -0.15) is 0 Å². The molecule has 0 heterocycles. The Morgan fingerprint density at radius 3 is 3.06 bits per heavy atom. The molecule has 1 aromatic carbocycles. The van der Waals surface area contributed by atoms with Crippen molar-refractivity contribution in [2.24, 2.45) is 5.73 Å². The molecule has 1 aliphatic rings. The number of benzene rings is 1. The van der Waals surface area contributed by atoms with Crippen LogP contribution in [0.3, 0.4) is 0 Å². The summed E-state index contributed by atoms with van der Waals surface area (Å²) < 4.78 is 4.93. The maximum atomic E-state index is 11.3. The standard InChI is InChI=1S/C15H21NO2/c1-2-18-15(17)8-4-6-11-5-3-7-12-9-13(16)10-14(11)12/h3,5,7,13H,2,4,6,8-10,16H2,1H3. The van der Waals surface area contributed by atoms with Gasteiger partial charge in [-0.3, -0.25) is 4.79 Å². The van der Waals surface area contributed by atoms with Gasteiger partial charge in [0, 0.05) is 12.5 Å². The molecule has 2 rings (SSSR count). The van der Waals surface area contributed by atoms with Crippen LogP contribution in [0, 0.1) is 0 Å². The summed E-state index contributed by atoms with van der Waals surface area (Å²) in [5.74, 6) is -0.0956. The topological polar surface area (TPSA) is 52.3 Å². The van der Waals surface area contributed by atoms with Gasteiger partial charge in [-0.15, -0.1) is 0 Å². The predicted molar refractivity (Wildman–Crippen MR) is 71.4 cm³/mol. The third kappa shape index (κ3) is 3.10. The van der Waals surface area contributed by atoms with Crippen molar-refractivity contribution in [1.29, 1.82) is 0 Å². The Balaban J connectivity index is 1.91. The molecular weight excluding hydrogens is 226 g/mol. The second kappa shape index (κ2) is 6.01. The zero-order chi connectivity index (χ0) is 13.0. The van der Waals surface area contributed by atoms with Crippen molar-refractivity contribution in [3.8, 4) is 0 Å². The van der Waals surface area contributed by atoms with Gasteiger partial charge in [0.15, 0.2) is 0 Å². The minimum absolute atomic E-state index is 0.0956. The highest BCUT2D eigenvalue weighted by molar-refractivity contribution is 5.69. The Labute approximate surface area is 108 Å². The van der Waals surface area contributed by atoms with Crippen LogP contribution in [0.1, 0.15) is 36.5 Å². The first kappa shape index (κ1) is 13.1. The summed E-state index contributed by atoms with van der Waals surface area (Å²) in [6.07, 6.45) is 4.26. The van der Waals surface area contributed by atoms with Gasteiger partial charge in [0.25, 0.3) is 0 Å². The molecule has 0 amide bonds. The second-order valence-corrected chi connectivity index (χ2v) is 4.88. The molecule has 1 atom stereocenters. The number of hydrogen-bond donors (Lipinski definition) is 1. The zero-order valence-corrected chi connectivity index (χ0v) is 10.9. The van der Waals surface area contributed by atoms with Gasteiger partial charge in [0.2, 0.25) is 0 Å². The van der Waals surface area contributed by atoms with Crippen molar-refractivity contribution in [2.45, 2.75) is 45.1 Å². The molecule has 1 aliphatic carbocycles. The molecule has 2 N–H and O–H groups in total. The molecule has 0 bridgehead atoms. The number of esters is 1. The number of nitrogens with two attached hydrogens (primary N) is 1. The van der Waals surface area contributed by atoms with Crippen molar-refractivity contribution in [2.75, 3.05) is 6.61 Å². The summed E-state index contributed by atoms with van der Waals surface area (Å²) in [6, 6.07) is 6.68. The van der Waals surface area contributed by atoms with Gasteiger partial charge in [0.1, 0.15) is 0 Å². The molecule has 98 valence electrons. The maximum absolute atomic E-state index is 11.3. The molecule has 1 unspecified atom stereocenters. The monoisotopic (exact) mass is 247 g/mol. The molecule has 3 nitrogen and oxygen atoms in total. The van der Waals surface area contributed by atoms with E-state index in [-0.39, 0.29) is 12.0 Å². The van der Waals surface area contributed by atoms with Crippen molar-refractivity contribution in [3.63, 3.8) is 0 Å². The summed E-state index contributed by atoms with van der Waals surface area (Å²) >= 11 is 0. The summed E-state index contributed by atoms with van der Waals surface area (Å²) in [5, 5.41) is 0. The van der Waals surface area contributed by atoms with E-state index in [0.29, 0.717) is 13.0 Å². The van der Waals surface area contributed by atoms with Crippen molar-refractivity contribution in [3.05, 3.63) is 34.9 Å². The number of ether oxygens (including phenoxy) is 1. The molecule has 18 heavy (non-hydrogen) atoms. The molecule has 0 spiro atoms. The van der Waals surface area contributed by atoms with Gasteiger partial charge in [-0.1, -0.05) is 18.2 Å². The van der Waals surface area contributed by atoms with Crippen LogP contribution in [0.25, 0.3) is 0 Å². The molecular formula is C15H21NO2. The molecule has 0 aliphatic heterocycles. The number of carbonyl (C=O) groups excluding carboxylic acids is 1. The molecule has 0 radical (unpaired) electrons. The van der Waals surface area contributed by atoms with E-state index in [1.807, 2.05) is 6.92 Å². The first-order valence-electron chi connectivity index (χ1n) is 6.71. The number of rotatable bonds is 5. The highest BCUT2D eigenvalue weighted by Gasteiger charge is 2.20. The van der Waals surface area contributed by atoms with Crippen molar-refractivity contribution in [1.82, 2.24) is 0 Å². The van der Waals surface area contributed by atoms with Crippen LogP contribution in [0.4, 0.5) is 0 Å². The van der Waals surface area contributed by atoms with E-state index in [1.54, 1.807) is 0 Å². The Kier molecular flexibility index (Phi) is 4.37. The van der Waals surface area contributed by atoms with Gasteiger partial charge in [0.05, 0.1) is 6.61 Å². The second-order valence-electron chi connectivity index (χ2n) is 4.88. The third-order valence-electron chi connectivity index (χ3n) is 3.45. The Morgan fingerprint density at radius 1 is 1.44 bits per heavy atom. The summed E-state index contributed by atoms with van der Waals surface area (Å²) in [4.78, 5) is 11.3. The molecule has 0 saturated carbocycles. The van der Waals surface area contributed by atoms with Crippen LogP contribution in [-0.2, 0) is 28.8 Å². The fourth-order valence-electron chi connectivity index (χ4n) is 2.65. The van der Waals surface area contributed by atoms with E-state index < -0.39 is 0 Å². The normalized spacial score (nSPS) is 17.6. The maximum Gasteiger partial charge on any atom is 0.305 e. The third-order valence-corrected chi connectivity index (χ3v) is 3.45. The van der Waals surface area contributed by atoms with E-state index in [2.05, 4.69) is 18.2 Å². The summed E-state index contributed by atoms with van der Waals surface area (Å²) in [5.41, 5.74) is 10.1. The highest BCUT2D eigenvalue weighted by Crippen LogP contribution is 2.25. The van der Waals surface area contributed by atoms with Crippen LogP contribution in [0.5, 0.6) is 0 Å². The van der Waals surface area contributed by atoms with E-state index in [4.69, 9.17) is 10.5 Å². The number of carbonyl (C=O) groups is 1. The van der Waals surface area contributed by atoms with Crippen LogP contribution < -0.4 is 5.73 Å². The lowest BCUT2D eigenvalue weighted by molar-refractivity contribution is -0.143. The summed E-state index contributed by atoms with van der Waals surface area (Å²) in [6.45, 7) is 2.30. The van der Waals surface area contributed by atoms with Crippen LogP contribution in [0.15, 0.2) is 18.2 Å². The molecule has 0 saturated heterocycles. The number of fused-ring (bicyclic) bond motifs is 1. The molecule has 1 aromatic rings. The lowest BCUT2D eigenvalue weighted by Crippen LogP contribution is -2.19. The predicted octanol–water partition coefficient (Wildman–Crippen LogP) is 2.00. The van der Waals surface area contributed by atoms with Crippen molar-refractivity contribution < 1.29 is 9.53 Å². The smallest absolute Gasteiger partial charge is 0.305 e. The minimum Gasteiger partial charge on any atom is -0.466 e. The molecule has 3 heteroatoms. The van der Waals surface area contributed by atoms with Crippen LogP contribution in [-0.4, -0.2) is 18.6 Å².